The third-order valence-corrected chi connectivity index (χ3v) is 3.74. The highest BCUT2D eigenvalue weighted by atomic mass is 32.2. The van der Waals surface area contributed by atoms with Gasteiger partial charge in [-0.1, -0.05) is 42.5 Å². The van der Waals surface area contributed by atoms with E-state index in [2.05, 4.69) is 15.9 Å². The Kier molecular flexibility index (Phi) is 2.39. The van der Waals surface area contributed by atoms with Gasteiger partial charge in [-0.05, 0) is 16.7 Å². The lowest BCUT2D eigenvalue weighted by Crippen LogP contribution is -2.05. The quantitative estimate of drug-likeness (QED) is 0.522. The van der Waals surface area contributed by atoms with Crippen molar-refractivity contribution in [2.24, 2.45) is 3.77 Å². The van der Waals surface area contributed by atoms with E-state index in [1.807, 2.05) is 18.2 Å². The Morgan fingerprint density at radius 1 is 1.17 bits per heavy atom. The first-order chi connectivity index (χ1) is 5.88. The molecule has 4 heteroatoms. The van der Waals surface area contributed by atoms with E-state index < -0.39 is 0 Å². The fraction of sp³-hybridized carbons (Fsp3) is 0. The van der Waals surface area contributed by atoms with Gasteiger partial charge in [0.1, 0.15) is 4.20 Å². The van der Waals surface area contributed by atoms with E-state index >= 15 is 0 Å². The summed E-state index contributed by atoms with van der Waals surface area (Å²) >= 11 is 7.98. The second kappa shape index (κ2) is 3.51. The fourth-order valence-electron chi connectivity index (χ4n) is 0.929. The van der Waals surface area contributed by atoms with Crippen LogP contribution in [0.3, 0.4) is 0 Å². The Morgan fingerprint density at radius 2 is 1.92 bits per heavy atom. The van der Waals surface area contributed by atoms with E-state index in [9.17, 15) is 0 Å². The molecule has 0 aromatic heterocycles. The maximum absolute atomic E-state index is 5.13. The molecule has 1 aliphatic rings. The second-order valence-electron chi connectivity index (χ2n) is 2.24. The van der Waals surface area contributed by atoms with Crippen LogP contribution >= 0.6 is 24.2 Å². The highest BCUT2D eigenvalue weighted by molar-refractivity contribution is 8.29. The van der Waals surface area contributed by atoms with Gasteiger partial charge in [-0.3, -0.25) is 0 Å². The van der Waals surface area contributed by atoms with Crippen LogP contribution in [0.2, 0.25) is 0 Å². The van der Waals surface area contributed by atoms with Crippen LogP contribution in [0, 0.1) is 0 Å². The summed E-state index contributed by atoms with van der Waals surface area (Å²) in [4.78, 5) is 1.11. The van der Waals surface area contributed by atoms with Crippen LogP contribution in [0.4, 0.5) is 0 Å². The van der Waals surface area contributed by atoms with Gasteiger partial charge in [0.25, 0.3) is 0 Å². The number of thiocarbonyl (C=S) groups is 1. The molecular formula is C8H5NS3. The minimum atomic E-state index is 0.881. The average molecular weight is 211 g/mol. The molecular weight excluding hydrogens is 206 g/mol. The van der Waals surface area contributed by atoms with Crippen molar-refractivity contribution in [3.8, 4) is 0 Å². The van der Waals surface area contributed by atoms with Crippen LogP contribution in [0.15, 0.2) is 34.1 Å². The minimum absolute atomic E-state index is 0.881. The molecule has 0 bridgehead atoms. The smallest absolute Gasteiger partial charge is 0.114 e. The molecule has 0 fully saturated rings. The summed E-state index contributed by atoms with van der Waals surface area (Å²) in [7, 11) is 0. The van der Waals surface area contributed by atoms with Crippen LogP contribution in [-0.2, 0) is 11.1 Å². The Balaban J connectivity index is 2.45. The van der Waals surface area contributed by atoms with Gasteiger partial charge in [0, 0.05) is 11.9 Å². The predicted octanol–water partition coefficient (Wildman–Crippen LogP) is 2.46. The van der Waals surface area contributed by atoms with Crippen molar-refractivity contribution in [3.05, 3.63) is 35.9 Å². The van der Waals surface area contributed by atoms with Gasteiger partial charge in [0.05, 0.1) is 4.86 Å². The van der Waals surface area contributed by atoms with Crippen LogP contribution in [0.25, 0.3) is 0 Å². The first kappa shape index (κ1) is 8.16. The topological polar surface area (TPSA) is 12.4 Å². The van der Waals surface area contributed by atoms with Crippen LogP contribution in [-0.4, -0.2) is 9.06 Å². The summed E-state index contributed by atoms with van der Waals surface area (Å²) in [5.74, 6) is 0. The third-order valence-electron chi connectivity index (χ3n) is 1.47. The molecule has 1 aliphatic heterocycles. The van der Waals surface area contributed by atoms with Gasteiger partial charge in [0.2, 0.25) is 0 Å². The molecule has 0 aliphatic carbocycles. The molecule has 1 nitrogen and oxygen atoms in total. The lowest BCUT2D eigenvalue weighted by molar-refractivity contribution is 1.68. The minimum Gasteiger partial charge on any atom is -0.153 e. The Morgan fingerprint density at radius 3 is 2.50 bits per heavy atom. The zero-order chi connectivity index (χ0) is 8.39. The van der Waals surface area contributed by atoms with E-state index in [0.717, 1.165) is 9.06 Å². The van der Waals surface area contributed by atoms with Gasteiger partial charge < -0.3 is 0 Å². The SMILES string of the molecule is S=C1SN=S=C1c1ccccc1. The van der Waals surface area contributed by atoms with Crippen molar-refractivity contribution in [2.75, 3.05) is 0 Å². The summed E-state index contributed by atoms with van der Waals surface area (Å²) in [6, 6.07) is 10.1. The third kappa shape index (κ3) is 1.50. The van der Waals surface area contributed by atoms with E-state index in [4.69, 9.17) is 12.2 Å². The van der Waals surface area contributed by atoms with Crippen LogP contribution in [0.5, 0.6) is 0 Å². The molecule has 0 spiro atoms. The summed E-state index contributed by atoms with van der Waals surface area (Å²) in [5, 5.41) is 0. The molecule has 2 rings (SSSR count). The van der Waals surface area contributed by atoms with E-state index in [1.165, 1.54) is 28.7 Å². The van der Waals surface area contributed by atoms with E-state index in [1.54, 1.807) is 0 Å². The van der Waals surface area contributed by atoms with Crippen molar-refractivity contribution in [1.29, 1.82) is 0 Å². The monoisotopic (exact) mass is 211 g/mol. The number of rotatable bonds is 1. The number of hydrogen-bond acceptors (Lipinski definition) is 3. The first-order valence-electron chi connectivity index (χ1n) is 3.39. The van der Waals surface area contributed by atoms with Gasteiger partial charge in [-0.15, -0.1) is 0 Å². The average Bonchev–Trinajstić information content (AvgIpc) is 2.53. The normalized spacial score (nSPS) is 15.7. The van der Waals surface area contributed by atoms with Crippen molar-refractivity contribution in [1.82, 2.24) is 0 Å². The largest absolute Gasteiger partial charge is 0.153 e. The lowest BCUT2D eigenvalue weighted by Gasteiger charge is -1.97. The number of nitrogens with zero attached hydrogens (tertiary/aromatic N) is 1. The number of hydrogen-bond donors (Lipinski definition) is 0. The van der Waals surface area contributed by atoms with Gasteiger partial charge in [-0.25, -0.2) is 0 Å². The molecule has 0 unspecified atom stereocenters. The zero-order valence-corrected chi connectivity index (χ0v) is 8.51. The zero-order valence-electron chi connectivity index (χ0n) is 6.06. The maximum atomic E-state index is 5.13. The molecule has 0 atom stereocenters. The van der Waals surface area contributed by atoms with Gasteiger partial charge >= 0.3 is 0 Å². The second-order valence-corrected chi connectivity index (χ2v) is 4.68. The molecule has 0 saturated heterocycles. The van der Waals surface area contributed by atoms with E-state index in [-0.39, 0.29) is 0 Å². The van der Waals surface area contributed by atoms with Gasteiger partial charge in [-0.2, -0.15) is 3.77 Å². The van der Waals surface area contributed by atoms with Crippen LogP contribution in [0.1, 0.15) is 5.56 Å². The number of benzene rings is 1. The summed E-state index contributed by atoms with van der Waals surface area (Å²) in [6.07, 6.45) is 0. The molecule has 12 heavy (non-hydrogen) atoms. The molecule has 1 aromatic carbocycles. The fourth-order valence-corrected chi connectivity index (χ4v) is 2.89. The Bertz CT molecular complexity index is 377. The maximum Gasteiger partial charge on any atom is 0.114 e. The lowest BCUT2D eigenvalue weighted by atomic mass is 10.2. The van der Waals surface area contributed by atoms with Crippen LogP contribution < -0.4 is 0 Å². The first-order valence-corrected chi connectivity index (χ1v) is 5.34. The standard InChI is InChI=1S/C8H5NS3/c10-8-7(11-9-12-8)6-4-2-1-3-5-6/h1-5H. The van der Waals surface area contributed by atoms with E-state index in [0.29, 0.717) is 0 Å². The molecule has 0 radical (unpaired) electrons. The molecule has 60 valence electrons. The van der Waals surface area contributed by atoms with Crippen molar-refractivity contribution < 1.29 is 0 Å². The molecule has 0 N–H and O–H groups in total. The van der Waals surface area contributed by atoms with Crippen molar-refractivity contribution in [2.45, 2.75) is 0 Å². The Labute approximate surface area is 84.0 Å². The molecule has 1 aromatic rings. The van der Waals surface area contributed by atoms with Crippen molar-refractivity contribution in [3.63, 3.8) is 0 Å². The highest BCUT2D eigenvalue weighted by Crippen LogP contribution is 2.16. The molecule has 1 heterocycles. The highest BCUT2D eigenvalue weighted by Gasteiger charge is 2.12. The molecule has 0 amide bonds. The summed E-state index contributed by atoms with van der Waals surface area (Å²) in [6.45, 7) is 0. The Hall–Kier alpha value is -0.450. The molecule has 0 saturated carbocycles. The summed E-state index contributed by atoms with van der Waals surface area (Å²) < 4.78 is 4.96. The van der Waals surface area contributed by atoms with Gasteiger partial charge in [0.15, 0.2) is 0 Å². The summed E-state index contributed by atoms with van der Waals surface area (Å²) in [5.41, 5.74) is 1.17. The predicted molar refractivity (Wildman–Crippen MR) is 60.5 cm³/mol. The van der Waals surface area contributed by atoms with Crippen molar-refractivity contribution >= 4 is 44.4 Å².